The van der Waals surface area contributed by atoms with Gasteiger partial charge in [-0.2, -0.15) is 0 Å². The number of rotatable bonds is 49. The molecule has 422 valence electrons. The summed E-state index contributed by atoms with van der Waals surface area (Å²) in [6.45, 7) is 6.08. The number of carbonyl (C=O) groups excluding carboxylic acids is 3. The summed E-state index contributed by atoms with van der Waals surface area (Å²) in [5, 5.41) is 0. The van der Waals surface area contributed by atoms with Crippen molar-refractivity contribution in [2.24, 2.45) is 0 Å². The Hall–Kier alpha value is -6.27. The molecule has 0 aromatic carbocycles. The van der Waals surface area contributed by atoms with Gasteiger partial charge in [-0.15, -0.1) is 0 Å². The highest BCUT2D eigenvalue weighted by molar-refractivity contribution is 5.72. The van der Waals surface area contributed by atoms with Crippen molar-refractivity contribution in [2.45, 2.75) is 194 Å². The maximum absolute atomic E-state index is 12.8. The van der Waals surface area contributed by atoms with Crippen LogP contribution in [-0.4, -0.2) is 37.2 Å². The average molecular weight is 1050 g/mol. The lowest BCUT2D eigenvalue weighted by molar-refractivity contribution is -0.166. The third-order valence-corrected chi connectivity index (χ3v) is 11.0. The van der Waals surface area contributed by atoms with E-state index >= 15 is 0 Å². The maximum Gasteiger partial charge on any atom is 0.309 e. The minimum atomic E-state index is -0.889. The van der Waals surface area contributed by atoms with E-state index in [9.17, 15) is 14.4 Å². The number of hydrogen-bond donors (Lipinski definition) is 0. The lowest BCUT2D eigenvalue weighted by Gasteiger charge is -2.18. The summed E-state index contributed by atoms with van der Waals surface area (Å²) in [6.07, 6.45) is 98.2. The van der Waals surface area contributed by atoms with Gasteiger partial charge in [0.25, 0.3) is 0 Å². The Balaban J connectivity index is 4.69. The Labute approximate surface area is 470 Å². The number of allylic oxidation sites excluding steroid dienone is 35. The molecular weight excluding hydrogens is 949 g/mol. The highest BCUT2D eigenvalue weighted by atomic mass is 16.6. The minimum Gasteiger partial charge on any atom is -0.462 e. The molecule has 1 atom stereocenters. The Morgan fingerprint density at radius 3 is 0.870 bits per heavy atom. The first kappa shape index (κ1) is 70.7. The third kappa shape index (κ3) is 60.5. The first-order valence-electron chi connectivity index (χ1n) is 29.2. The second kappa shape index (κ2) is 62.3. The molecule has 0 saturated carbocycles. The summed E-state index contributed by atoms with van der Waals surface area (Å²) in [5.41, 5.74) is 0. The second-order valence-electron chi connectivity index (χ2n) is 18.1. The Morgan fingerprint density at radius 1 is 0.273 bits per heavy atom. The SMILES string of the molecule is CC/C=C\C/C=C\C/C=C\C/C=C\C/C=C\C/C=C\C/C=C\CCCCCC(=O)OCC(COC(=O)C/C=C\C/C=C\C/C=C\C/C=C\C/C=C\CC)OC(=O)CC/C=C\C/C=C\C/C=C\C/C=C\C/C=C\C/C=C\CC. The van der Waals surface area contributed by atoms with Crippen molar-refractivity contribution >= 4 is 17.9 Å². The standard InChI is InChI=1S/C71H102O6/c1-4-7-10-13-16-19-22-25-28-30-32-33-34-35-36-37-39-40-43-46-49-52-55-58-61-64-70(73)76-67-68(66-75-69(72)63-60-57-54-51-48-45-42-27-24-21-18-15-12-9-6-3)77-71(74)65-62-59-56-53-50-47-44-41-38-31-29-26-23-20-17-14-11-8-5-2/h7-12,16-21,25-29,32-33,35-36,38-42,46-51,56-57,59-60,68H,4-6,13-15,22-24,30-31,34,37,43-45,52-55,58,61-67H2,1-3H3/b10-7-,11-8-,12-9-,19-16-,20-17-,21-18-,28-25-,29-26-,33-32-,36-35-,40-39-,41-38-,42-27-,49-46-,50-47-,51-48-,59-56-,60-57-. The molecule has 0 fully saturated rings. The summed E-state index contributed by atoms with van der Waals surface area (Å²) in [7, 11) is 0. The van der Waals surface area contributed by atoms with Crippen LogP contribution in [0.4, 0.5) is 0 Å². The highest BCUT2D eigenvalue weighted by Crippen LogP contribution is 2.09. The van der Waals surface area contributed by atoms with Gasteiger partial charge in [0.2, 0.25) is 0 Å². The summed E-state index contributed by atoms with van der Waals surface area (Å²) in [6, 6.07) is 0. The van der Waals surface area contributed by atoms with E-state index in [1.54, 1.807) is 6.08 Å². The van der Waals surface area contributed by atoms with Crippen LogP contribution in [0.15, 0.2) is 219 Å². The molecule has 0 aliphatic carbocycles. The normalized spacial score (nSPS) is 13.8. The monoisotopic (exact) mass is 1050 g/mol. The van der Waals surface area contributed by atoms with Crippen LogP contribution in [0.5, 0.6) is 0 Å². The molecule has 0 bridgehead atoms. The third-order valence-electron chi connectivity index (χ3n) is 11.0. The summed E-state index contributed by atoms with van der Waals surface area (Å²) in [4.78, 5) is 38.1. The molecule has 1 unspecified atom stereocenters. The first-order valence-corrected chi connectivity index (χ1v) is 29.2. The molecule has 6 heteroatoms. The largest absolute Gasteiger partial charge is 0.462 e. The summed E-state index contributed by atoms with van der Waals surface area (Å²) >= 11 is 0. The van der Waals surface area contributed by atoms with E-state index in [0.29, 0.717) is 19.3 Å². The molecule has 77 heavy (non-hydrogen) atoms. The van der Waals surface area contributed by atoms with Gasteiger partial charge >= 0.3 is 17.9 Å². The highest BCUT2D eigenvalue weighted by Gasteiger charge is 2.19. The van der Waals surface area contributed by atoms with Crippen molar-refractivity contribution in [3.63, 3.8) is 0 Å². The fraction of sp³-hybridized carbons (Fsp3) is 0.451. The minimum absolute atomic E-state index is 0.0916. The van der Waals surface area contributed by atoms with E-state index in [0.717, 1.165) is 128 Å². The fourth-order valence-corrected chi connectivity index (χ4v) is 6.75. The molecule has 0 saturated heterocycles. The van der Waals surface area contributed by atoms with Gasteiger partial charge in [0.15, 0.2) is 6.10 Å². The summed E-state index contributed by atoms with van der Waals surface area (Å²) < 4.78 is 16.6. The smallest absolute Gasteiger partial charge is 0.309 e. The zero-order chi connectivity index (χ0) is 55.7. The topological polar surface area (TPSA) is 78.9 Å². The van der Waals surface area contributed by atoms with E-state index in [1.165, 1.54) is 0 Å². The van der Waals surface area contributed by atoms with Gasteiger partial charge in [-0.3, -0.25) is 14.4 Å². The average Bonchev–Trinajstić information content (AvgIpc) is 3.43. The Morgan fingerprint density at radius 2 is 0.545 bits per heavy atom. The Kier molecular flexibility index (Phi) is 57.2. The number of hydrogen-bond acceptors (Lipinski definition) is 6. The van der Waals surface area contributed by atoms with Crippen LogP contribution in [0.2, 0.25) is 0 Å². The molecule has 0 heterocycles. The second-order valence-corrected chi connectivity index (χ2v) is 18.1. The van der Waals surface area contributed by atoms with Gasteiger partial charge in [-0.1, -0.05) is 246 Å². The number of esters is 3. The van der Waals surface area contributed by atoms with Gasteiger partial charge in [0.05, 0.1) is 6.42 Å². The van der Waals surface area contributed by atoms with Crippen LogP contribution < -0.4 is 0 Å². The predicted molar refractivity (Wildman–Crippen MR) is 333 cm³/mol. The van der Waals surface area contributed by atoms with Gasteiger partial charge in [0.1, 0.15) is 13.2 Å². The van der Waals surface area contributed by atoms with E-state index < -0.39 is 18.0 Å². The van der Waals surface area contributed by atoms with Gasteiger partial charge < -0.3 is 14.2 Å². The summed E-state index contributed by atoms with van der Waals surface area (Å²) in [5.74, 6) is -1.24. The van der Waals surface area contributed by atoms with Crippen LogP contribution in [0.3, 0.4) is 0 Å². The van der Waals surface area contributed by atoms with Crippen molar-refractivity contribution in [3.8, 4) is 0 Å². The molecular formula is C71H102O6. The zero-order valence-electron chi connectivity index (χ0n) is 48.1. The molecule has 0 N–H and O–H groups in total. The van der Waals surface area contributed by atoms with Crippen molar-refractivity contribution in [1.29, 1.82) is 0 Å². The molecule has 0 aliphatic rings. The lowest BCUT2D eigenvalue weighted by Crippen LogP contribution is -2.30. The van der Waals surface area contributed by atoms with Crippen LogP contribution in [-0.2, 0) is 28.6 Å². The lowest BCUT2D eigenvalue weighted by atomic mass is 10.1. The Bertz CT molecular complexity index is 1980. The van der Waals surface area contributed by atoms with Crippen LogP contribution in [0.1, 0.15) is 188 Å². The van der Waals surface area contributed by atoms with E-state index in [-0.39, 0.29) is 38.4 Å². The van der Waals surface area contributed by atoms with E-state index in [2.05, 4.69) is 215 Å². The van der Waals surface area contributed by atoms with E-state index in [4.69, 9.17) is 14.2 Å². The van der Waals surface area contributed by atoms with Crippen molar-refractivity contribution in [1.82, 2.24) is 0 Å². The zero-order valence-corrected chi connectivity index (χ0v) is 48.1. The fourth-order valence-electron chi connectivity index (χ4n) is 6.75. The number of ether oxygens (including phenoxy) is 3. The first-order chi connectivity index (χ1) is 38.0. The number of carbonyl (C=O) groups is 3. The molecule has 0 aliphatic heterocycles. The van der Waals surface area contributed by atoms with Crippen molar-refractivity contribution in [3.05, 3.63) is 219 Å². The molecule has 0 radical (unpaired) electrons. The molecule has 6 nitrogen and oxygen atoms in total. The van der Waals surface area contributed by atoms with Crippen LogP contribution in [0, 0.1) is 0 Å². The van der Waals surface area contributed by atoms with E-state index in [1.807, 2.05) is 18.2 Å². The van der Waals surface area contributed by atoms with Gasteiger partial charge in [-0.25, -0.2) is 0 Å². The van der Waals surface area contributed by atoms with Crippen molar-refractivity contribution < 1.29 is 28.6 Å². The van der Waals surface area contributed by atoms with Gasteiger partial charge in [-0.05, 0) is 141 Å². The van der Waals surface area contributed by atoms with Crippen LogP contribution in [0.25, 0.3) is 0 Å². The predicted octanol–water partition coefficient (Wildman–Crippen LogP) is 20.2. The molecule has 0 rings (SSSR count). The van der Waals surface area contributed by atoms with Gasteiger partial charge in [0, 0.05) is 12.8 Å². The molecule has 0 amide bonds. The molecule has 0 aromatic rings. The molecule has 0 aromatic heterocycles. The quantitative estimate of drug-likeness (QED) is 0.0261. The molecule has 0 spiro atoms. The number of unbranched alkanes of at least 4 members (excludes halogenated alkanes) is 3. The van der Waals surface area contributed by atoms with Crippen molar-refractivity contribution in [2.75, 3.05) is 13.2 Å². The van der Waals surface area contributed by atoms with Crippen LogP contribution >= 0.6 is 0 Å². The maximum atomic E-state index is 12.8.